The van der Waals surface area contributed by atoms with E-state index < -0.39 is 0 Å². The predicted molar refractivity (Wildman–Crippen MR) is 108 cm³/mol. The van der Waals surface area contributed by atoms with Crippen molar-refractivity contribution < 1.29 is 0 Å². The van der Waals surface area contributed by atoms with E-state index in [9.17, 15) is 0 Å². The number of nitrogens with one attached hydrogen (secondary N) is 3. The van der Waals surface area contributed by atoms with Crippen LogP contribution >= 0.6 is 11.5 Å². The Labute approximate surface area is 151 Å². The molecule has 3 heterocycles. The first-order valence-electron chi connectivity index (χ1n) is 8.80. The molecule has 1 aliphatic rings. The van der Waals surface area contributed by atoms with Gasteiger partial charge in [-0.15, -0.1) is 0 Å². The van der Waals surface area contributed by atoms with Gasteiger partial charge in [0.25, 0.3) is 0 Å². The molecule has 0 amide bonds. The van der Waals surface area contributed by atoms with Crippen molar-refractivity contribution in [2.75, 3.05) is 19.6 Å². The number of rotatable bonds is 4. The highest BCUT2D eigenvalue weighted by atomic mass is 32.1. The molecule has 3 aromatic rings. The summed E-state index contributed by atoms with van der Waals surface area (Å²) in [6.45, 7) is 11.7. The highest BCUT2D eigenvalue weighted by Gasteiger charge is 2.13. The lowest BCUT2D eigenvalue weighted by Gasteiger charge is -2.23. The standard InChI is InChI=1S/C20H24N4S/c1-14(22-13-16-7-9-21-10-8-16)17-5-6-20-18(12-17)23-15(2)19-4-3-11-24(19)25-20/h3-6,11-12,16,21-23H,1-2,7-10,13H2. The van der Waals surface area contributed by atoms with Gasteiger partial charge in [0.05, 0.1) is 21.1 Å². The van der Waals surface area contributed by atoms with E-state index in [1.807, 2.05) is 6.07 Å². The number of hydrogen-bond donors (Lipinski definition) is 3. The number of aromatic amines is 1. The van der Waals surface area contributed by atoms with Gasteiger partial charge < -0.3 is 15.6 Å². The number of fused-ring (bicyclic) bond motifs is 2. The highest BCUT2D eigenvalue weighted by Crippen LogP contribution is 2.21. The quantitative estimate of drug-likeness (QED) is 0.675. The molecular formula is C20H24N4S. The second kappa shape index (κ2) is 6.94. The molecule has 0 aliphatic carbocycles. The topological polar surface area (TPSA) is 44.3 Å². The van der Waals surface area contributed by atoms with Crippen LogP contribution < -0.4 is 16.0 Å². The molecule has 1 aromatic carbocycles. The van der Waals surface area contributed by atoms with Gasteiger partial charge in [-0.05, 0) is 61.7 Å². The summed E-state index contributed by atoms with van der Waals surface area (Å²) in [5.74, 6) is 0.734. The van der Waals surface area contributed by atoms with Crippen molar-refractivity contribution in [3.63, 3.8) is 0 Å². The van der Waals surface area contributed by atoms with Crippen LogP contribution in [0.25, 0.3) is 28.0 Å². The number of aromatic nitrogens is 2. The van der Waals surface area contributed by atoms with Crippen LogP contribution in [-0.2, 0) is 0 Å². The average molecular weight is 353 g/mol. The van der Waals surface area contributed by atoms with Gasteiger partial charge in [-0.3, -0.25) is 3.79 Å². The van der Waals surface area contributed by atoms with E-state index in [0.29, 0.717) is 0 Å². The zero-order valence-corrected chi connectivity index (χ0v) is 15.2. The molecular weight excluding hydrogens is 328 g/mol. The molecule has 0 bridgehead atoms. The molecule has 0 radical (unpaired) electrons. The number of H-pyrrole nitrogens is 1. The fraction of sp³-hybridized carbons (Fsp3) is 0.300. The Morgan fingerprint density at radius 1 is 1.28 bits per heavy atom. The third kappa shape index (κ3) is 3.43. The number of hydrogen-bond acceptors (Lipinski definition) is 3. The van der Waals surface area contributed by atoms with Gasteiger partial charge in [-0.1, -0.05) is 30.8 Å². The highest BCUT2D eigenvalue weighted by molar-refractivity contribution is 7.13. The van der Waals surface area contributed by atoms with Gasteiger partial charge in [-0.2, -0.15) is 0 Å². The van der Waals surface area contributed by atoms with Crippen molar-refractivity contribution in [3.8, 4) is 0 Å². The lowest BCUT2D eigenvalue weighted by atomic mass is 9.98. The summed E-state index contributed by atoms with van der Waals surface area (Å²) in [5, 5.41) is 7.86. The van der Waals surface area contributed by atoms with E-state index in [2.05, 4.69) is 63.0 Å². The monoisotopic (exact) mass is 352 g/mol. The lowest BCUT2D eigenvalue weighted by molar-refractivity contribution is 0.371. The first-order chi connectivity index (χ1) is 12.2. The summed E-state index contributed by atoms with van der Waals surface area (Å²) in [4.78, 5) is 3.45. The van der Waals surface area contributed by atoms with E-state index in [-0.39, 0.29) is 0 Å². The van der Waals surface area contributed by atoms with Crippen molar-refractivity contribution in [1.82, 2.24) is 19.4 Å². The molecule has 0 saturated carbocycles. The van der Waals surface area contributed by atoms with Crippen LogP contribution in [0.2, 0.25) is 0 Å². The van der Waals surface area contributed by atoms with Crippen molar-refractivity contribution >= 4 is 39.5 Å². The summed E-state index contributed by atoms with van der Waals surface area (Å²) in [7, 11) is 0. The number of nitrogens with zero attached hydrogens (tertiary/aromatic N) is 1. The van der Waals surface area contributed by atoms with E-state index >= 15 is 0 Å². The molecule has 4 nitrogen and oxygen atoms in total. The third-order valence-electron chi connectivity index (χ3n) is 4.90. The maximum atomic E-state index is 4.24. The smallest absolute Gasteiger partial charge is 0.0788 e. The molecule has 2 aromatic heterocycles. The van der Waals surface area contributed by atoms with Gasteiger partial charge in [0.1, 0.15) is 0 Å². The third-order valence-corrected chi connectivity index (χ3v) is 5.96. The normalized spacial score (nSPS) is 15.5. The zero-order valence-electron chi connectivity index (χ0n) is 14.3. The van der Waals surface area contributed by atoms with E-state index in [1.165, 1.54) is 17.5 Å². The van der Waals surface area contributed by atoms with E-state index in [4.69, 9.17) is 0 Å². The zero-order chi connectivity index (χ0) is 17.2. The minimum absolute atomic E-state index is 0.734. The summed E-state index contributed by atoms with van der Waals surface area (Å²) < 4.78 is 3.33. The summed E-state index contributed by atoms with van der Waals surface area (Å²) in [6, 6.07) is 10.6. The Morgan fingerprint density at radius 2 is 2.12 bits per heavy atom. The van der Waals surface area contributed by atoms with Gasteiger partial charge in [0.15, 0.2) is 0 Å². The maximum absolute atomic E-state index is 4.24. The van der Waals surface area contributed by atoms with Crippen LogP contribution in [0.4, 0.5) is 0 Å². The van der Waals surface area contributed by atoms with Gasteiger partial charge in [0, 0.05) is 18.4 Å². The van der Waals surface area contributed by atoms with Crippen LogP contribution in [0.5, 0.6) is 0 Å². The Hall–Kier alpha value is -2.24. The second-order valence-corrected chi connectivity index (χ2v) is 7.69. The maximum Gasteiger partial charge on any atom is 0.0788 e. The fourth-order valence-corrected chi connectivity index (χ4v) is 4.31. The molecule has 1 saturated heterocycles. The molecule has 3 N–H and O–H groups in total. The van der Waals surface area contributed by atoms with Gasteiger partial charge in [-0.25, -0.2) is 0 Å². The van der Waals surface area contributed by atoms with Gasteiger partial charge >= 0.3 is 0 Å². The Morgan fingerprint density at radius 3 is 2.96 bits per heavy atom. The number of piperidine rings is 1. The van der Waals surface area contributed by atoms with Crippen molar-refractivity contribution in [2.45, 2.75) is 12.8 Å². The van der Waals surface area contributed by atoms with E-state index in [1.54, 1.807) is 11.5 Å². The summed E-state index contributed by atoms with van der Waals surface area (Å²) in [6.07, 6.45) is 4.54. The molecule has 25 heavy (non-hydrogen) atoms. The van der Waals surface area contributed by atoms with Crippen molar-refractivity contribution in [1.29, 1.82) is 0 Å². The minimum atomic E-state index is 0.734. The van der Waals surface area contributed by atoms with Crippen LogP contribution in [0.15, 0.2) is 43.1 Å². The molecule has 5 heteroatoms. The van der Waals surface area contributed by atoms with Crippen molar-refractivity contribution in [3.05, 3.63) is 54.0 Å². The van der Waals surface area contributed by atoms with Crippen LogP contribution in [-0.4, -0.2) is 28.4 Å². The van der Waals surface area contributed by atoms with Crippen LogP contribution in [0, 0.1) is 5.92 Å². The van der Waals surface area contributed by atoms with Crippen LogP contribution in [0.1, 0.15) is 18.4 Å². The molecule has 0 atom stereocenters. The van der Waals surface area contributed by atoms with Gasteiger partial charge in [0.2, 0.25) is 0 Å². The molecule has 1 aliphatic heterocycles. The Kier molecular flexibility index (Phi) is 4.51. The predicted octanol–water partition coefficient (Wildman–Crippen LogP) is 3.30. The second-order valence-electron chi connectivity index (χ2n) is 6.68. The molecule has 0 unspecified atom stereocenters. The molecule has 1 fully saturated rings. The minimum Gasteiger partial charge on any atom is -0.385 e. The number of benzene rings is 1. The average Bonchev–Trinajstić information content (AvgIpc) is 3.05. The molecule has 130 valence electrons. The molecule has 4 rings (SSSR count). The summed E-state index contributed by atoms with van der Waals surface area (Å²) >= 11 is 1.71. The van der Waals surface area contributed by atoms with Crippen LogP contribution in [0.3, 0.4) is 0 Å². The first-order valence-corrected chi connectivity index (χ1v) is 9.58. The fourth-order valence-electron chi connectivity index (χ4n) is 3.36. The lowest BCUT2D eigenvalue weighted by Crippen LogP contribution is -2.33. The Bertz CT molecular complexity index is 986. The summed E-state index contributed by atoms with van der Waals surface area (Å²) in [5.41, 5.74) is 4.30. The van der Waals surface area contributed by atoms with Crippen molar-refractivity contribution in [2.24, 2.45) is 5.92 Å². The Balaban J connectivity index is 1.60. The van der Waals surface area contributed by atoms with E-state index in [0.717, 1.165) is 53.2 Å². The largest absolute Gasteiger partial charge is 0.385 e. The SMILES string of the molecule is C=C(NCC1CCNCC1)c1ccc2sn3cccc3c(=C)[nH]c2c1. The first kappa shape index (κ1) is 16.2. The molecule has 0 spiro atoms.